The van der Waals surface area contributed by atoms with Gasteiger partial charge in [0.2, 0.25) is 5.91 Å². The van der Waals surface area contributed by atoms with E-state index in [2.05, 4.69) is 0 Å². The Kier molecular flexibility index (Phi) is 4.85. The topological polar surface area (TPSA) is 80.5 Å². The molecular weight excluding hydrogens is 296 g/mol. The standard InChI is InChI=1S/C17H16N2O4/c1-3-16(20)18(13-8-10-14(11-9-13)19(22)23)17(21)15-7-5-4-6-12(15)2/h4-11H,3H2,1-2H3. The molecule has 0 atom stereocenters. The third kappa shape index (κ3) is 3.42. The fraction of sp³-hybridized carbons (Fsp3) is 0.176. The molecule has 0 fully saturated rings. The Balaban J connectivity index is 2.45. The molecule has 0 saturated carbocycles. The maximum absolute atomic E-state index is 12.8. The normalized spacial score (nSPS) is 10.2. The van der Waals surface area contributed by atoms with Crippen molar-refractivity contribution in [3.63, 3.8) is 0 Å². The van der Waals surface area contributed by atoms with Crippen LogP contribution in [-0.2, 0) is 4.79 Å². The molecule has 23 heavy (non-hydrogen) atoms. The average molecular weight is 312 g/mol. The van der Waals surface area contributed by atoms with Crippen LogP contribution in [0.3, 0.4) is 0 Å². The molecule has 0 unspecified atom stereocenters. The molecular formula is C17H16N2O4. The number of nitro groups is 1. The van der Waals surface area contributed by atoms with Gasteiger partial charge in [0.1, 0.15) is 0 Å². The van der Waals surface area contributed by atoms with E-state index in [4.69, 9.17) is 0 Å². The largest absolute Gasteiger partial charge is 0.274 e. The molecule has 6 nitrogen and oxygen atoms in total. The van der Waals surface area contributed by atoms with Gasteiger partial charge in [-0.15, -0.1) is 0 Å². The number of hydrogen-bond acceptors (Lipinski definition) is 4. The number of aryl methyl sites for hydroxylation is 1. The molecule has 0 aromatic heterocycles. The van der Waals surface area contributed by atoms with Crippen LogP contribution in [0, 0.1) is 17.0 Å². The number of nitro benzene ring substituents is 1. The lowest BCUT2D eigenvalue weighted by molar-refractivity contribution is -0.384. The Morgan fingerprint density at radius 2 is 1.70 bits per heavy atom. The Labute approximate surface area is 133 Å². The van der Waals surface area contributed by atoms with Gasteiger partial charge in [0, 0.05) is 24.1 Å². The number of carbonyl (C=O) groups excluding carboxylic acids is 2. The summed E-state index contributed by atoms with van der Waals surface area (Å²) < 4.78 is 0. The summed E-state index contributed by atoms with van der Waals surface area (Å²) in [5.74, 6) is -0.809. The van der Waals surface area contributed by atoms with Crippen LogP contribution in [0.2, 0.25) is 0 Å². The number of nitrogens with zero attached hydrogens (tertiary/aromatic N) is 2. The molecule has 6 heteroatoms. The SMILES string of the molecule is CCC(=O)N(C(=O)c1ccccc1C)c1ccc([N+](=O)[O-])cc1. The van der Waals surface area contributed by atoms with E-state index in [-0.39, 0.29) is 18.0 Å². The first-order valence-corrected chi connectivity index (χ1v) is 7.13. The lowest BCUT2D eigenvalue weighted by Crippen LogP contribution is -2.36. The highest BCUT2D eigenvalue weighted by Crippen LogP contribution is 2.23. The number of carbonyl (C=O) groups is 2. The van der Waals surface area contributed by atoms with E-state index in [1.165, 1.54) is 24.3 Å². The highest BCUT2D eigenvalue weighted by molar-refractivity contribution is 6.21. The second-order valence-electron chi connectivity index (χ2n) is 4.98. The number of rotatable bonds is 4. The molecule has 0 bridgehead atoms. The second kappa shape index (κ2) is 6.83. The van der Waals surface area contributed by atoms with Gasteiger partial charge in [-0.3, -0.25) is 19.7 Å². The van der Waals surface area contributed by atoms with Gasteiger partial charge in [-0.05, 0) is 30.7 Å². The Hall–Kier alpha value is -3.02. The van der Waals surface area contributed by atoms with E-state index < -0.39 is 10.8 Å². The summed E-state index contributed by atoms with van der Waals surface area (Å²) in [5.41, 5.74) is 1.40. The number of hydrogen-bond donors (Lipinski definition) is 0. The van der Waals surface area contributed by atoms with Crippen LogP contribution in [0.25, 0.3) is 0 Å². The smallest absolute Gasteiger partial charge is 0.269 e. The summed E-state index contributed by atoms with van der Waals surface area (Å²) in [6, 6.07) is 12.3. The Bertz CT molecular complexity index is 753. The molecule has 2 aromatic carbocycles. The van der Waals surface area contributed by atoms with Crippen molar-refractivity contribution in [2.24, 2.45) is 0 Å². The van der Waals surface area contributed by atoms with Crippen molar-refractivity contribution in [1.82, 2.24) is 0 Å². The van der Waals surface area contributed by atoms with Crippen LogP contribution in [0.1, 0.15) is 29.3 Å². The van der Waals surface area contributed by atoms with Gasteiger partial charge in [-0.2, -0.15) is 0 Å². The molecule has 2 rings (SSSR count). The molecule has 0 aliphatic rings. The summed E-state index contributed by atoms with van der Waals surface area (Å²) in [4.78, 5) is 36.2. The molecule has 0 spiro atoms. The van der Waals surface area contributed by atoms with Gasteiger partial charge in [-0.25, -0.2) is 4.90 Å². The average Bonchev–Trinajstić information content (AvgIpc) is 2.55. The third-order valence-corrected chi connectivity index (χ3v) is 3.45. The van der Waals surface area contributed by atoms with E-state index in [1.54, 1.807) is 32.0 Å². The quantitative estimate of drug-likeness (QED) is 0.639. The van der Waals surface area contributed by atoms with Gasteiger partial charge in [0.15, 0.2) is 0 Å². The van der Waals surface area contributed by atoms with Crippen molar-refractivity contribution >= 4 is 23.2 Å². The highest BCUT2D eigenvalue weighted by atomic mass is 16.6. The van der Waals surface area contributed by atoms with Crippen LogP contribution in [0.4, 0.5) is 11.4 Å². The second-order valence-corrected chi connectivity index (χ2v) is 4.98. The van der Waals surface area contributed by atoms with Gasteiger partial charge >= 0.3 is 0 Å². The minimum Gasteiger partial charge on any atom is -0.274 e. The number of amides is 2. The Morgan fingerprint density at radius 1 is 1.09 bits per heavy atom. The van der Waals surface area contributed by atoms with Crippen LogP contribution >= 0.6 is 0 Å². The molecule has 2 aromatic rings. The van der Waals surface area contributed by atoms with Crippen LogP contribution in [-0.4, -0.2) is 16.7 Å². The number of imide groups is 1. The predicted octanol–water partition coefficient (Wildman–Crippen LogP) is 3.49. The molecule has 0 radical (unpaired) electrons. The fourth-order valence-electron chi connectivity index (χ4n) is 2.19. The van der Waals surface area contributed by atoms with E-state index in [9.17, 15) is 19.7 Å². The maximum atomic E-state index is 12.8. The molecule has 0 N–H and O–H groups in total. The maximum Gasteiger partial charge on any atom is 0.269 e. The van der Waals surface area contributed by atoms with E-state index in [1.807, 2.05) is 6.07 Å². The number of non-ortho nitro benzene ring substituents is 1. The lowest BCUT2D eigenvalue weighted by Gasteiger charge is -2.21. The fourth-order valence-corrected chi connectivity index (χ4v) is 2.19. The predicted molar refractivity (Wildman–Crippen MR) is 86.4 cm³/mol. The molecule has 118 valence electrons. The first-order chi connectivity index (χ1) is 11.0. The molecule has 0 heterocycles. The molecule has 0 saturated heterocycles. The van der Waals surface area contributed by atoms with Crippen molar-refractivity contribution in [3.8, 4) is 0 Å². The van der Waals surface area contributed by atoms with E-state index in [0.29, 0.717) is 11.3 Å². The van der Waals surface area contributed by atoms with Gasteiger partial charge in [0.05, 0.1) is 10.6 Å². The van der Waals surface area contributed by atoms with Crippen molar-refractivity contribution < 1.29 is 14.5 Å². The minimum atomic E-state index is -0.529. The first-order valence-electron chi connectivity index (χ1n) is 7.13. The summed E-state index contributed by atoms with van der Waals surface area (Å²) in [5, 5.41) is 10.7. The van der Waals surface area contributed by atoms with Gasteiger partial charge in [0.25, 0.3) is 11.6 Å². The molecule has 2 amide bonds. The van der Waals surface area contributed by atoms with Crippen LogP contribution in [0.15, 0.2) is 48.5 Å². The Morgan fingerprint density at radius 3 is 2.22 bits per heavy atom. The third-order valence-electron chi connectivity index (χ3n) is 3.45. The highest BCUT2D eigenvalue weighted by Gasteiger charge is 2.25. The van der Waals surface area contributed by atoms with Gasteiger partial charge < -0.3 is 0 Å². The zero-order valence-electron chi connectivity index (χ0n) is 12.9. The van der Waals surface area contributed by atoms with Crippen molar-refractivity contribution in [2.75, 3.05) is 4.90 Å². The first kappa shape index (κ1) is 16.4. The van der Waals surface area contributed by atoms with Crippen molar-refractivity contribution in [1.29, 1.82) is 0 Å². The molecule has 0 aliphatic carbocycles. The van der Waals surface area contributed by atoms with Gasteiger partial charge in [-0.1, -0.05) is 25.1 Å². The number of anilines is 1. The van der Waals surface area contributed by atoms with E-state index in [0.717, 1.165) is 10.5 Å². The lowest BCUT2D eigenvalue weighted by atomic mass is 10.1. The monoisotopic (exact) mass is 312 g/mol. The van der Waals surface area contributed by atoms with Crippen molar-refractivity contribution in [2.45, 2.75) is 20.3 Å². The van der Waals surface area contributed by atoms with E-state index >= 15 is 0 Å². The molecule has 0 aliphatic heterocycles. The summed E-state index contributed by atoms with van der Waals surface area (Å²) >= 11 is 0. The zero-order valence-corrected chi connectivity index (χ0v) is 12.9. The van der Waals surface area contributed by atoms with Crippen molar-refractivity contribution in [3.05, 3.63) is 69.8 Å². The van der Waals surface area contributed by atoms with Crippen LogP contribution in [0.5, 0.6) is 0 Å². The minimum absolute atomic E-state index is 0.0963. The van der Waals surface area contributed by atoms with Crippen LogP contribution < -0.4 is 4.90 Å². The summed E-state index contributed by atoms with van der Waals surface area (Å²) in [6.07, 6.45) is 0.147. The summed E-state index contributed by atoms with van der Waals surface area (Å²) in [7, 11) is 0. The summed E-state index contributed by atoms with van der Waals surface area (Å²) in [6.45, 7) is 3.45. The zero-order chi connectivity index (χ0) is 17.0. The number of benzene rings is 2.